The highest BCUT2D eigenvalue weighted by Gasteiger charge is 2.16. The molecule has 104 valence electrons. The summed E-state index contributed by atoms with van der Waals surface area (Å²) in [5, 5.41) is 3.41. The monoisotopic (exact) mass is 292 g/mol. The molecular formula is C12H12N4O3S. The number of anilines is 3. The van der Waals surface area contributed by atoms with Crippen LogP contribution in [0.1, 0.15) is 17.3 Å². The standard InChI is InChI=1S/C12H12N4O3S/c1-6(17)19-9-4-7(13)2-3-8(9)11(18)16-12-15-5-10(14)20-12/h2-5H,13-14H2,1H3,(H,15,16,18). The summed E-state index contributed by atoms with van der Waals surface area (Å²) >= 11 is 1.14. The number of amides is 1. The van der Waals surface area contributed by atoms with E-state index < -0.39 is 11.9 Å². The van der Waals surface area contributed by atoms with Crippen molar-refractivity contribution >= 4 is 39.0 Å². The second kappa shape index (κ2) is 5.57. The Balaban J connectivity index is 2.26. The van der Waals surface area contributed by atoms with Crippen LogP contribution in [-0.2, 0) is 4.79 Å². The Kier molecular flexibility index (Phi) is 3.85. The average molecular weight is 292 g/mol. The van der Waals surface area contributed by atoms with Gasteiger partial charge in [-0.3, -0.25) is 14.9 Å². The van der Waals surface area contributed by atoms with E-state index in [0.29, 0.717) is 15.8 Å². The smallest absolute Gasteiger partial charge is 0.308 e. The molecule has 0 saturated carbocycles. The summed E-state index contributed by atoms with van der Waals surface area (Å²) in [6, 6.07) is 4.42. The van der Waals surface area contributed by atoms with E-state index >= 15 is 0 Å². The zero-order valence-corrected chi connectivity index (χ0v) is 11.4. The van der Waals surface area contributed by atoms with Crippen molar-refractivity contribution in [3.8, 4) is 5.75 Å². The van der Waals surface area contributed by atoms with Crippen LogP contribution in [0, 0.1) is 0 Å². The minimum atomic E-state index is -0.539. The van der Waals surface area contributed by atoms with Gasteiger partial charge in [0, 0.05) is 18.7 Å². The van der Waals surface area contributed by atoms with Crippen LogP contribution in [0.15, 0.2) is 24.4 Å². The summed E-state index contributed by atoms with van der Waals surface area (Å²) in [5.74, 6) is -0.904. The molecule has 0 atom stereocenters. The first-order valence-corrected chi connectivity index (χ1v) is 6.38. The normalized spacial score (nSPS) is 10.1. The third kappa shape index (κ3) is 3.23. The van der Waals surface area contributed by atoms with Crippen LogP contribution in [0.4, 0.5) is 15.8 Å². The van der Waals surface area contributed by atoms with Gasteiger partial charge in [-0.05, 0) is 12.1 Å². The lowest BCUT2D eigenvalue weighted by molar-refractivity contribution is -0.131. The molecule has 0 saturated heterocycles. The van der Waals surface area contributed by atoms with Crippen LogP contribution in [0.3, 0.4) is 0 Å². The van der Waals surface area contributed by atoms with Crippen LogP contribution in [-0.4, -0.2) is 16.9 Å². The van der Waals surface area contributed by atoms with Gasteiger partial charge in [-0.25, -0.2) is 4.98 Å². The average Bonchev–Trinajstić information content (AvgIpc) is 2.73. The van der Waals surface area contributed by atoms with E-state index in [1.165, 1.54) is 31.3 Å². The fourth-order valence-electron chi connectivity index (χ4n) is 1.47. The number of nitrogens with zero attached hydrogens (tertiary/aromatic N) is 1. The Morgan fingerprint density at radius 1 is 1.35 bits per heavy atom. The number of nitrogens with one attached hydrogen (secondary N) is 1. The fraction of sp³-hybridized carbons (Fsp3) is 0.0833. The Labute approximate surface area is 118 Å². The minimum absolute atomic E-state index is 0.0968. The first-order valence-electron chi connectivity index (χ1n) is 5.56. The van der Waals surface area contributed by atoms with Gasteiger partial charge in [0.25, 0.3) is 5.91 Å². The van der Waals surface area contributed by atoms with Crippen LogP contribution >= 0.6 is 11.3 Å². The third-order valence-corrected chi connectivity index (χ3v) is 2.99. The number of carbonyl (C=O) groups excluding carboxylic acids is 2. The van der Waals surface area contributed by atoms with Gasteiger partial charge in [-0.2, -0.15) is 0 Å². The quantitative estimate of drug-likeness (QED) is 0.447. The Morgan fingerprint density at radius 3 is 2.70 bits per heavy atom. The number of ether oxygens (including phenoxy) is 1. The van der Waals surface area contributed by atoms with Gasteiger partial charge in [0.15, 0.2) is 5.13 Å². The van der Waals surface area contributed by atoms with E-state index in [9.17, 15) is 9.59 Å². The van der Waals surface area contributed by atoms with Gasteiger partial charge in [0.2, 0.25) is 0 Å². The maximum atomic E-state index is 12.1. The Hall–Kier alpha value is -2.61. The molecule has 7 nitrogen and oxygen atoms in total. The van der Waals surface area contributed by atoms with Crippen molar-refractivity contribution in [2.24, 2.45) is 0 Å². The molecule has 0 aliphatic heterocycles. The number of carbonyl (C=O) groups is 2. The second-order valence-electron chi connectivity index (χ2n) is 3.87. The molecule has 1 heterocycles. The highest BCUT2D eigenvalue weighted by Crippen LogP contribution is 2.25. The van der Waals surface area contributed by atoms with Gasteiger partial charge in [-0.1, -0.05) is 11.3 Å². The van der Waals surface area contributed by atoms with Crippen molar-refractivity contribution < 1.29 is 14.3 Å². The van der Waals surface area contributed by atoms with Crippen LogP contribution in [0.2, 0.25) is 0 Å². The molecule has 1 aromatic heterocycles. The number of esters is 1. The van der Waals surface area contributed by atoms with Crippen LogP contribution in [0.5, 0.6) is 5.75 Å². The lowest BCUT2D eigenvalue weighted by atomic mass is 10.1. The predicted molar refractivity (Wildman–Crippen MR) is 76.6 cm³/mol. The number of thiazole rings is 1. The van der Waals surface area contributed by atoms with E-state index in [1.807, 2.05) is 0 Å². The maximum absolute atomic E-state index is 12.1. The number of benzene rings is 1. The molecule has 2 aromatic rings. The van der Waals surface area contributed by atoms with Crippen molar-refractivity contribution in [3.63, 3.8) is 0 Å². The van der Waals surface area contributed by atoms with E-state index in [2.05, 4.69) is 10.3 Å². The summed E-state index contributed by atoms with van der Waals surface area (Å²) in [6.07, 6.45) is 1.44. The minimum Gasteiger partial charge on any atom is -0.426 e. The predicted octanol–water partition coefficient (Wildman–Crippen LogP) is 1.49. The van der Waals surface area contributed by atoms with Crippen LogP contribution < -0.4 is 21.5 Å². The van der Waals surface area contributed by atoms with Gasteiger partial charge in [0.1, 0.15) is 10.8 Å². The molecule has 20 heavy (non-hydrogen) atoms. The van der Waals surface area contributed by atoms with Crippen molar-refractivity contribution in [2.45, 2.75) is 6.92 Å². The van der Waals surface area contributed by atoms with Gasteiger partial charge < -0.3 is 16.2 Å². The van der Waals surface area contributed by atoms with Gasteiger partial charge in [0.05, 0.1) is 11.8 Å². The molecule has 0 fully saturated rings. The summed E-state index contributed by atoms with van der Waals surface area (Å²) in [7, 11) is 0. The van der Waals surface area contributed by atoms with Gasteiger partial charge >= 0.3 is 5.97 Å². The highest BCUT2D eigenvalue weighted by atomic mass is 32.1. The molecule has 2 rings (SSSR count). The molecular weight excluding hydrogens is 280 g/mol. The van der Waals surface area contributed by atoms with Crippen LogP contribution in [0.25, 0.3) is 0 Å². The van der Waals surface area contributed by atoms with Crippen molar-refractivity contribution in [1.29, 1.82) is 0 Å². The molecule has 1 aromatic carbocycles. The van der Waals surface area contributed by atoms with E-state index in [-0.39, 0.29) is 11.3 Å². The van der Waals surface area contributed by atoms with E-state index in [0.717, 1.165) is 11.3 Å². The molecule has 0 radical (unpaired) electrons. The van der Waals surface area contributed by atoms with E-state index in [1.54, 1.807) is 0 Å². The fourth-order valence-corrected chi connectivity index (χ4v) is 2.05. The topological polar surface area (TPSA) is 120 Å². The van der Waals surface area contributed by atoms with Crippen molar-refractivity contribution in [2.75, 3.05) is 16.8 Å². The first kappa shape index (κ1) is 13.8. The Morgan fingerprint density at radius 2 is 2.10 bits per heavy atom. The molecule has 0 bridgehead atoms. The van der Waals surface area contributed by atoms with Crippen molar-refractivity contribution in [3.05, 3.63) is 30.0 Å². The summed E-state index contributed by atoms with van der Waals surface area (Å²) < 4.78 is 4.97. The molecule has 0 spiro atoms. The molecule has 5 N–H and O–H groups in total. The number of aromatic nitrogens is 1. The molecule has 1 amide bonds. The number of hydrogen-bond acceptors (Lipinski definition) is 7. The summed E-state index contributed by atoms with van der Waals surface area (Å²) in [4.78, 5) is 27.1. The zero-order chi connectivity index (χ0) is 14.7. The third-order valence-electron chi connectivity index (χ3n) is 2.25. The number of nitrogens with two attached hydrogens (primary N) is 2. The molecule has 0 aliphatic rings. The lowest BCUT2D eigenvalue weighted by Crippen LogP contribution is -2.15. The molecule has 0 unspecified atom stereocenters. The summed E-state index contributed by atoms with van der Waals surface area (Å²) in [6.45, 7) is 1.24. The largest absolute Gasteiger partial charge is 0.426 e. The number of rotatable bonds is 3. The SMILES string of the molecule is CC(=O)Oc1cc(N)ccc1C(=O)Nc1ncc(N)s1. The lowest BCUT2D eigenvalue weighted by Gasteiger charge is -2.09. The number of hydrogen-bond donors (Lipinski definition) is 3. The zero-order valence-electron chi connectivity index (χ0n) is 10.5. The second-order valence-corrected chi connectivity index (χ2v) is 4.93. The highest BCUT2D eigenvalue weighted by molar-refractivity contribution is 7.19. The summed E-state index contributed by atoms with van der Waals surface area (Å²) in [5.41, 5.74) is 11.7. The van der Waals surface area contributed by atoms with Gasteiger partial charge in [-0.15, -0.1) is 0 Å². The number of nitrogen functional groups attached to an aromatic ring is 2. The molecule has 0 aliphatic carbocycles. The first-order chi connectivity index (χ1) is 9.45. The maximum Gasteiger partial charge on any atom is 0.308 e. The van der Waals surface area contributed by atoms with Crippen molar-refractivity contribution in [1.82, 2.24) is 4.98 Å². The molecule has 8 heteroatoms. The Bertz CT molecular complexity index is 668. The van der Waals surface area contributed by atoms with E-state index in [4.69, 9.17) is 16.2 Å².